The number of hydrogen-bond donors (Lipinski definition) is 0. The van der Waals surface area contributed by atoms with Crippen molar-refractivity contribution in [1.82, 2.24) is 0 Å². The average molecular weight is 194 g/mol. The van der Waals surface area contributed by atoms with Crippen LogP contribution in [-0.2, 0) is 4.74 Å². The molecule has 0 atom stereocenters. The third kappa shape index (κ3) is 1.99. The zero-order valence-corrected chi connectivity index (χ0v) is 7.53. The summed E-state index contributed by atoms with van der Waals surface area (Å²) in [6, 6.07) is 6.53. The molecule has 1 heterocycles. The van der Waals surface area contributed by atoms with Crippen molar-refractivity contribution < 1.29 is 14.3 Å². The predicted octanol–water partition coefficient (Wildman–Crippen LogP) is 2.66. The summed E-state index contributed by atoms with van der Waals surface area (Å²) < 4.78 is 4.35. The molecular formula is C11H14O3. The maximum absolute atomic E-state index is 10.8. The summed E-state index contributed by atoms with van der Waals surface area (Å²) in [4.78, 5) is 21.7. The molecule has 0 aromatic heterocycles. The van der Waals surface area contributed by atoms with E-state index in [-0.39, 0.29) is 7.43 Å². The second-order valence-corrected chi connectivity index (χ2v) is 2.22. The molecule has 3 heteroatoms. The van der Waals surface area contributed by atoms with Crippen LogP contribution in [0.15, 0.2) is 24.3 Å². The number of esters is 2. The minimum atomic E-state index is -0.550. The van der Waals surface area contributed by atoms with E-state index in [2.05, 4.69) is 4.74 Å². The van der Waals surface area contributed by atoms with Gasteiger partial charge >= 0.3 is 11.9 Å². The number of benzene rings is 1. The Kier molecular flexibility index (Phi) is 4.56. The maximum atomic E-state index is 10.8. The summed E-state index contributed by atoms with van der Waals surface area (Å²) in [5.74, 6) is -1.10. The van der Waals surface area contributed by atoms with Crippen LogP contribution in [0.25, 0.3) is 0 Å². The molecule has 0 bridgehead atoms. The minimum absolute atomic E-state index is 0. The molecule has 0 amide bonds. The molecule has 0 spiro atoms. The van der Waals surface area contributed by atoms with Crippen LogP contribution in [0, 0.1) is 0 Å². The SMILES string of the molecule is C.CC.O=C1OC(=O)c2ccccc21. The molecule has 1 aromatic rings. The first-order valence-electron chi connectivity index (χ1n) is 4.14. The van der Waals surface area contributed by atoms with Gasteiger partial charge in [0.2, 0.25) is 0 Å². The fourth-order valence-corrected chi connectivity index (χ4v) is 1.03. The topological polar surface area (TPSA) is 43.4 Å². The Morgan fingerprint density at radius 3 is 1.64 bits per heavy atom. The molecule has 0 aliphatic carbocycles. The monoisotopic (exact) mass is 194 g/mol. The van der Waals surface area contributed by atoms with Gasteiger partial charge in [0, 0.05) is 0 Å². The lowest BCUT2D eigenvalue weighted by molar-refractivity contribution is 0.0444. The van der Waals surface area contributed by atoms with Crippen molar-refractivity contribution in [3.8, 4) is 0 Å². The highest BCUT2D eigenvalue weighted by atomic mass is 16.6. The molecule has 0 unspecified atom stereocenters. The van der Waals surface area contributed by atoms with Crippen molar-refractivity contribution in [2.75, 3.05) is 0 Å². The van der Waals surface area contributed by atoms with Crippen LogP contribution in [0.1, 0.15) is 42.0 Å². The Balaban J connectivity index is 0.000000531. The molecule has 0 fully saturated rings. The molecule has 0 N–H and O–H groups in total. The normalized spacial score (nSPS) is 11.9. The van der Waals surface area contributed by atoms with Crippen LogP contribution in [-0.4, -0.2) is 11.9 Å². The van der Waals surface area contributed by atoms with E-state index in [0.29, 0.717) is 11.1 Å². The Hall–Kier alpha value is -1.64. The molecule has 0 saturated heterocycles. The molecule has 1 aliphatic heterocycles. The minimum Gasteiger partial charge on any atom is -0.386 e. The molecular weight excluding hydrogens is 180 g/mol. The Morgan fingerprint density at radius 1 is 0.929 bits per heavy atom. The van der Waals surface area contributed by atoms with Gasteiger partial charge in [-0.05, 0) is 12.1 Å². The van der Waals surface area contributed by atoms with Crippen LogP contribution >= 0.6 is 0 Å². The summed E-state index contributed by atoms with van der Waals surface area (Å²) in [6.45, 7) is 4.00. The summed E-state index contributed by atoms with van der Waals surface area (Å²) in [5.41, 5.74) is 0.718. The first-order chi connectivity index (χ1) is 6.29. The van der Waals surface area contributed by atoms with Gasteiger partial charge in [-0.3, -0.25) is 0 Å². The number of hydrogen-bond acceptors (Lipinski definition) is 3. The van der Waals surface area contributed by atoms with Crippen molar-refractivity contribution in [2.24, 2.45) is 0 Å². The van der Waals surface area contributed by atoms with E-state index in [0.717, 1.165) is 0 Å². The van der Waals surface area contributed by atoms with E-state index in [9.17, 15) is 9.59 Å². The number of ether oxygens (including phenoxy) is 1. The fraction of sp³-hybridized carbons (Fsp3) is 0.273. The summed E-state index contributed by atoms with van der Waals surface area (Å²) >= 11 is 0. The van der Waals surface area contributed by atoms with Crippen molar-refractivity contribution in [3.63, 3.8) is 0 Å². The lowest BCUT2D eigenvalue weighted by Crippen LogP contribution is -1.96. The van der Waals surface area contributed by atoms with Crippen molar-refractivity contribution in [3.05, 3.63) is 35.4 Å². The molecule has 0 radical (unpaired) electrons. The quantitative estimate of drug-likeness (QED) is 0.471. The fourth-order valence-electron chi connectivity index (χ4n) is 1.03. The highest BCUT2D eigenvalue weighted by Gasteiger charge is 2.28. The summed E-state index contributed by atoms with van der Waals surface area (Å²) in [7, 11) is 0. The standard InChI is InChI=1S/C8H4O3.C2H6.CH4/c9-7-5-3-1-2-4-6(5)8(10)11-7;1-2;/h1-4H;1-2H3;1H4. The van der Waals surface area contributed by atoms with E-state index in [1.807, 2.05) is 13.8 Å². The van der Waals surface area contributed by atoms with Crippen LogP contribution in [0.2, 0.25) is 0 Å². The molecule has 76 valence electrons. The van der Waals surface area contributed by atoms with E-state index < -0.39 is 11.9 Å². The van der Waals surface area contributed by atoms with E-state index >= 15 is 0 Å². The Labute approximate surface area is 83.7 Å². The number of carbonyl (C=O) groups excluding carboxylic acids is 2. The third-order valence-electron chi connectivity index (χ3n) is 1.55. The van der Waals surface area contributed by atoms with Gasteiger partial charge in [-0.1, -0.05) is 33.4 Å². The lowest BCUT2D eigenvalue weighted by Gasteiger charge is -1.86. The average Bonchev–Trinajstić information content (AvgIpc) is 2.47. The first kappa shape index (κ1) is 12.4. The Bertz CT molecular complexity index is 309. The second kappa shape index (κ2) is 5.17. The van der Waals surface area contributed by atoms with E-state index in [4.69, 9.17) is 0 Å². The highest BCUT2D eigenvalue weighted by Crippen LogP contribution is 2.18. The van der Waals surface area contributed by atoms with Crippen molar-refractivity contribution in [2.45, 2.75) is 21.3 Å². The van der Waals surface area contributed by atoms with Crippen LogP contribution in [0.5, 0.6) is 0 Å². The van der Waals surface area contributed by atoms with E-state index in [1.165, 1.54) is 0 Å². The molecule has 1 aromatic carbocycles. The molecule has 3 nitrogen and oxygen atoms in total. The van der Waals surface area contributed by atoms with Gasteiger partial charge in [-0.25, -0.2) is 9.59 Å². The van der Waals surface area contributed by atoms with E-state index in [1.54, 1.807) is 24.3 Å². The third-order valence-corrected chi connectivity index (χ3v) is 1.55. The smallest absolute Gasteiger partial charge is 0.346 e. The number of cyclic esters (lactones) is 2. The number of fused-ring (bicyclic) bond motifs is 1. The summed E-state index contributed by atoms with van der Waals surface area (Å²) in [5, 5.41) is 0. The van der Waals surface area contributed by atoms with Gasteiger partial charge in [0.25, 0.3) is 0 Å². The van der Waals surface area contributed by atoms with Gasteiger partial charge in [-0.2, -0.15) is 0 Å². The van der Waals surface area contributed by atoms with Crippen LogP contribution < -0.4 is 0 Å². The highest BCUT2D eigenvalue weighted by molar-refractivity contribution is 6.14. The Morgan fingerprint density at radius 2 is 1.29 bits per heavy atom. The molecule has 14 heavy (non-hydrogen) atoms. The van der Waals surface area contributed by atoms with Crippen molar-refractivity contribution >= 4 is 11.9 Å². The summed E-state index contributed by atoms with van der Waals surface area (Å²) in [6.07, 6.45) is 0. The van der Waals surface area contributed by atoms with Gasteiger partial charge in [-0.15, -0.1) is 0 Å². The van der Waals surface area contributed by atoms with Gasteiger partial charge < -0.3 is 4.74 Å². The van der Waals surface area contributed by atoms with Crippen LogP contribution in [0.4, 0.5) is 0 Å². The van der Waals surface area contributed by atoms with Gasteiger partial charge in [0.15, 0.2) is 0 Å². The molecule has 2 rings (SSSR count). The van der Waals surface area contributed by atoms with Gasteiger partial charge in [0.05, 0.1) is 11.1 Å². The predicted molar refractivity (Wildman–Crippen MR) is 54.3 cm³/mol. The molecule has 0 saturated carbocycles. The first-order valence-corrected chi connectivity index (χ1v) is 4.14. The lowest BCUT2D eigenvalue weighted by atomic mass is 10.1. The molecule has 1 aliphatic rings. The van der Waals surface area contributed by atoms with Crippen molar-refractivity contribution in [1.29, 1.82) is 0 Å². The zero-order chi connectivity index (χ0) is 9.84. The number of rotatable bonds is 0. The van der Waals surface area contributed by atoms with Crippen LogP contribution in [0.3, 0.4) is 0 Å². The largest absolute Gasteiger partial charge is 0.386 e. The number of carbonyl (C=O) groups is 2. The second-order valence-electron chi connectivity index (χ2n) is 2.22. The maximum Gasteiger partial charge on any atom is 0.346 e. The zero-order valence-electron chi connectivity index (χ0n) is 7.53. The van der Waals surface area contributed by atoms with Gasteiger partial charge in [0.1, 0.15) is 0 Å².